The Morgan fingerprint density at radius 2 is 1.95 bits per heavy atom. The minimum absolute atomic E-state index is 0.345. The first-order valence-electron chi connectivity index (χ1n) is 8.28. The molecule has 0 spiro atoms. The summed E-state index contributed by atoms with van der Waals surface area (Å²) < 4.78 is 5.63. The predicted octanol–water partition coefficient (Wildman–Crippen LogP) is 3.16. The number of hydrogen-bond acceptors (Lipinski definition) is 3. The van der Waals surface area contributed by atoms with E-state index in [1.54, 1.807) is 0 Å². The maximum atomic E-state index is 9.98. The first-order chi connectivity index (χ1) is 10.2. The lowest BCUT2D eigenvalue weighted by Gasteiger charge is -2.41. The monoisotopic (exact) mass is 291 g/mol. The minimum atomic E-state index is -0.454. The number of benzene rings is 1. The van der Waals surface area contributed by atoms with Crippen LogP contribution in [-0.2, 0) is 6.42 Å². The van der Waals surface area contributed by atoms with Crippen LogP contribution < -0.4 is 10.1 Å². The Bertz CT molecular complexity index is 406. The van der Waals surface area contributed by atoms with Gasteiger partial charge in [-0.15, -0.1) is 0 Å². The standard InChI is InChI=1S/C18H29NO2/c1-3-15-6-8-17(9-7-15)21-13-16(20)12-19-14-18(4-2)10-5-11-18/h6-9,16,19-20H,3-5,10-14H2,1-2H3. The van der Waals surface area contributed by atoms with E-state index in [1.807, 2.05) is 12.1 Å². The highest BCUT2D eigenvalue weighted by Crippen LogP contribution is 2.42. The molecule has 0 amide bonds. The maximum Gasteiger partial charge on any atom is 0.119 e. The van der Waals surface area contributed by atoms with E-state index in [-0.39, 0.29) is 0 Å². The molecule has 1 aliphatic rings. The molecule has 2 N–H and O–H groups in total. The van der Waals surface area contributed by atoms with Crippen molar-refractivity contribution in [2.75, 3.05) is 19.7 Å². The van der Waals surface area contributed by atoms with Crippen molar-refractivity contribution in [1.82, 2.24) is 5.32 Å². The molecule has 1 saturated carbocycles. The van der Waals surface area contributed by atoms with Crippen LogP contribution in [0.2, 0.25) is 0 Å². The third-order valence-corrected chi connectivity index (χ3v) is 4.82. The van der Waals surface area contributed by atoms with Crippen LogP contribution in [0.5, 0.6) is 5.75 Å². The molecule has 1 aromatic rings. The van der Waals surface area contributed by atoms with Crippen molar-refractivity contribution in [3.05, 3.63) is 29.8 Å². The second kappa shape index (κ2) is 7.81. The third kappa shape index (κ3) is 4.72. The normalized spacial score (nSPS) is 18.0. The van der Waals surface area contributed by atoms with Crippen LogP contribution in [0.1, 0.15) is 45.1 Å². The van der Waals surface area contributed by atoms with Crippen molar-refractivity contribution in [2.45, 2.75) is 52.1 Å². The van der Waals surface area contributed by atoms with Crippen molar-refractivity contribution in [2.24, 2.45) is 5.41 Å². The number of aliphatic hydroxyl groups is 1. The lowest BCUT2D eigenvalue weighted by molar-refractivity contribution is 0.0869. The fourth-order valence-corrected chi connectivity index (χ4v) is 2.91. The van der Waals surface area contributed by atoms with Gasteiger partial charge < -0.3 is 15.2 Å². The Hall–Kier alpha value is -1.06. The molecule has 0 heterocycles. The lowest BCUT2D eigenvalue weighted by Crippen LogP contribution is -2.42. The van der Waals surface area contributed by atoms with Gasteiger partial charge >= 0.3 is 0 Å². The van der Waals surface area contributed by atoms with E-state index in [0.29, 0.717) is 18.6 Å². The molecule has 1 fully saturated rings. The Morgan fingerprint density at radius 1 is 1.24 bits per heavy atom. The highest BCUT2D eigenvalue weighted by atomic mass is 16.5. The fraction of sp³-hybridized carbons (Fsp3) is 0.667. The summed E-state index contributed by atoms with van der Waals surface area (Å²) >= 11 is 0. The Kier molecular flexibility index (Phi) is 6.07. The SMILES string of the molecule is CCc1ccc(OCC(O)CNCC2(CC)CCC2)cc1. The summed E-state index contributed by atoms with van der Waals surface area (Å²) in [5, 5.41) is 13.4. The zero-order valence-corrected chi connectivity index (χ0v) is 13.4. The van der Waals surface area contributed by atoms with Crippen LogP contribution in [0.3, 0.4) is 0 Å². The average molecular weight is 291 g/mol. The number of ether oxygens (including phenoxy) is 1. The molecule has 2 rings (SSSR count). The first kappa shape index (κ1) is 16.3. The van der Waals surface area contributed by atoms with E-state index < -0.39 is 6.10 Å². The number of aryl methyl sites for hydroxylation is 1. The van der Waals surface area contributed by atoms with Gasteiger partial charge in [-0.05, 0) is 48.8 Å². The molecule has 0 saturated heterocycles. The molecule has 1 atom stereocenters. The van der Waals surface area contributed by atoms with Crippen LogP contribution in [0.25, 0.3) is 0 Å². The van der Waals surface area contributed by atoms with E-state index in [2.05, 4.69) is 31.3 Å². The van der Waals surface area contributed by atoms with E-state index in [4.69, 9.17) is 4.74 Å². The highest BCUT2D eigenvalue weighted by molar-refractivity contribution is 5.27. The van der Waals surface area contributed by atoms with Gasteiger partial charge in [0.05, 0.1) is 0 Å². The molecule has 0 bridgehead atoms. The fourth-order valence-electron chi connectivity index (χ4n) is 2.91. The smallest absolute Gasteiger partial charge is 0.119 e. The zero-order valence-electron chi connectivity index (χ0n) is 13.4. The Labute approximate surface area is 128 Å². The van der Waals surface area contributed by atoms with Gasteiger partial charge in [0.15, 0.2) is 0 Å². The van der Waals surface area contributed by atoms with Gasteiger partial charge in [0.25, 0.3) is 0 Å². The number of hydrogen-bond donors (Lipinski definition) is 2. The highest BCUT2D eigenvalue weighted by Gasteiger charge is 2.34. The van der Waals surface area contributed by atoms with Gasteiger partial charge in [-0.2, -0.15) is 0 Å². The van der Waals surface area contributed by atoms with Gasteiger partial charge in [-0.3, -0.25) is 0 Å². The van der Waals surface area contributed by atoms with E-state index in [9.17, 15) is 5.11 Å². The Balaban J connectivity index is 1.63. The molecule has 0 aromatic heterocycles. The van der Waals surface area contributed by atoms with Crippen LogP contribution in [0, 0.1) is 5.41 Å². The van der Waals surface area contributed by atoms with Crippen molar-refractivity contribution in [1.29, 1.82) is 0 Å². The van der Waals surface area contributed by atoms with Crippen LogP contribution >= 0.6 is 0 Å². The second-order valence-corrected chi connectivity index (χ2v) is 6.30. The summed E-state index contributed by atoms with van der Waals surface area (Å²) in [6, 6.07) is 8.09. The average Bonchev–Trinajstić information content (AvgIpc) is 2.48. The van der Waals surface area contributed by atoms with E-state index in [0.717, 1.165) is 18.7 Å². The minimum Gasteiger partial charge on any atom is -0.491 e. The van der Waals surface area contributed by atoms with Gasteiger partial charge in [0.1, 0.15) is 18.5 Å². The molecule has 1 unspecified atom stereocenters. The summed E-state index contributed by atoms with van der Waals surface area (Å²) in [5.74, 6) is 0.829. The van der Waals surface area contributed by atoms with Crippen LogP contribution in [0.15, 0.2) is 24.3 Å². The van der Waals surface area contributed by atoms with Crippen LogP contribution in [-0.4, -0.2) is 30.9 Å². The lowest BCUT2D eigenvalue weighted by atomic mass is 9.67. The van der Waals surface area contributed by atoms with E-state index >= 15 is 0 Å². The molecular weight excluding hydrogens is 262 g/mol. The molecule has 0 aliphatic heterocycles. The molecular formula is C18H29NO2. The van der Waals surface area contributed by atoms with Crippen molar-refractivity contribution in [3.8, 4) is 5.75 Å². The van der Waals surface area contributed by atoms with E-state index in [1.165, 1.54) is 31.2 Å². The van der Waals surface area contributed by atoms with Gasteiger partial charge in [0.2, 0.25) is 0 Å². The predicted molar refractivity (Wildman–Crippen MR) is 86.8 cm³/mol. The topological polar surface area (TPSA) is 41.5 Å². The maximum absolute atomic E-state index is 9.98. The first-order valence-corrected chi connectivity index (χ1v) is 8.28. The van der Waals surface area contributed by atoms with Crippen molar-refractivity contribution in [3.63, 3.8) is 0 Å². The molecule has 3 nitrogen and oxygen atoms in total. The molecule has 1 aliphatic carbocycles. The molecule has 21 heavy (non-hydrogen) atoms. The quantitative estimate of drug-likeness (QED) is 0.734. The summed E-state index contributed by atoms with van der Waals surface area (Å²) in [6.45, 7) is 6.37. The van der Waals surface area contributed by atoms with Crippen LogP contribution in [0.4, 0.5) is 0 Å². The van der Waals surface area contributed by atoms with Crippen molar-refractivity contribution < 1.29 is 9.84 Å². The summed E-state index contributed by atoms with van der Waals surface area (Å²) in [5.41, 5.74) is 1.80. The van der Waals surface area contributed by atoms with Gasteiger partial charge in [-0.1, -0.05) is 32.4 Å². The zero-order chi connectivity index (χ0) is 15.1. The summed E-state index contributed by atoms with van der Waals surface area (Å²) in [7, 11) is 0. The molecule has 3 heteroatoms. The van der Waals surface area contributed by atoms with Gasteiger partial charge in [-0.25, -0.2) is 0 Å². The molecule has 0 radical (unpaired) electrons. The number of nitrogens with one attached hydrogen (secondary N) is 1. The Morgan fingerprint density at radius 3 is 2.48 bits per heavy atom. The second-order valence-electron chi connectivity index (χ2n) is 6.30. The molecule has 118 valence electrons. The molecule has 1 aromatic carbocycles. The summed E-state index contributed by atoms with van der Waals surface area (Å²) in [4.78, 5) is 0. The summed E-state index contributed by atoms with van der Waals surface area (Å²) in [6.07, 6.45) is 5.82. The third-order valence-electron chi connectivity index (χ3n) is 4.82. The van der Waals surface area contributed by atoms with Crippen molar-refractivity contribution >= 4 is 0 Å². The largest absolute Gasteiger partial charge is 0.491 e. The number of aliphatic hydroxyl groups excluding tert-OH is 1. The van der Waals surface area contributed by atoms with Gasteiger partial charge in [0, 0.05) is 13.1 Å². The number of rotatable bonds is 9.